The highest BCUT2D eigenvalue weighted by Crippen LogP contribution is 2.25. The smallest absolute Gasteiger partial charge is 0.157 e. The molecule has 0 amide bonds. The van der Waals surface area contributed by atoms with Crippen LogP contribution in [-0.2, 0) is 0 Å². The van der Waals surface area contributed by atoms with E-state index in [1.54, 1.807) is 0 Å². The summed E-state index contributed by atoms with van der Waals surface area (Å²) < 4.78 is 1.12. The van der Waals surface area contributed by atoms with Crippen LogP contribution in [-0.4, -0.2) is 17.0 Å². The monoisotopic (exact) mass is 312 g/mol. The fraction of sp³-hybridized carbons (Fsp3) is 0.462. The van der Waals surface area contributed by atoms with E-state index in [-0.39, 0.29) is 0 Å². The molecular formula is C13H17BrN2S. The van der Waals surface area contributed by atoms with Crippen LogP contribution in [0.1, 0.15) is 31.9 Å². The van der Waals surface area contributed by atoms with Gasteiger partial charge in [-0.1, -0.05) is 46.7 Å². The maximum absolute atomic E-state index is 4.53. The summed E-state index contributed by atoms with van der Waals surface area (Å²) in [7, 11) is 0. The van der Waals surface area contributed by atoms with E-state index in [4.69, 9.17) is 0 Å². The predicted octanol–water partition coefficient (Wildman–Crippen LogP) is 3.98. The maximum atomic E-state index is 4.53. The normalized spacial score (nSPS) is 21.1. The number of hydrogen-bond donors (Lipinski definition) is 1. The second-order valence-electron chi connectivity index (χ2n) is 4.21. The van der Waals surface area contributed by atoms with Gasteiger partial charge in [0.1, 0.15) is 0 Å². The topological polar surface area (TPSA) is 24.4 Å². The van der Waals surface area contributed by atoms with Gasteiger partial charge in [0, 0.05) is 9.72 Å². The number of hydrogen-bond acceptors (Lipinski definition) is 3. The summed E-state index contributed by atoms with van der Waals surface area (Å²) in [6, 6.07) is 8.70. The standard InChI is InChI=1S/C13H17BrN2S/c1-3-12-8-15-13(17-12)16-9(2)10-5-4-6-11(14)7-10/h4-7,9,12H,3,8H2,1-2H3,(H,15,16). The van der Waals surface area contributed by atoms with Gasteiger partial charge in [-0.3, -0.25) is 4.99 Å². The minimum Gasteiger partial charge on any atom is -0.358 e. The van der Waals surface area contributed by atoms with E-state index in [0.29, 0.717) is 11.3 Å². The van der Waals surface area contributed by atoms with Gasteiger partial charge in [0.15, 0.2) is 5.17 Å². The Labute approximate surface area is 115 Å². The minimum atomic E-state index is 0.300. The van der Waals surface area contributed by atoms with Crippen LogP contribution < -0.4 is 5.32 Å². The van der Waals surface area contributed by atoms with Crippen LogP contribution in [0.15, 0.2) is 33.7 Å². The summed E-state index contributed by atoms with van der Waals surface area (Å²) in [6.07, 6.45) is 1.19. The summed E-state index contributed by atoms with van der Waals surface area (Å²) in [5, 5.41) is 5.23. The highest BCUT2D eigenvalue weighted by Gasteiger charge is 2.19. The largest absolute Gasteiger partial charge is 0.358 e. The van der Waals surface area contributed by atoms with Crippen LogP contribution in [0.3, 0.4) is 0 Å². The van der Waals surface area contributed by atoms with Crippen LogP contribution >= 0.6 is 27.7 Å². The van der Waals surface area contributed by atoms with Crippen LogP contribution in [0.2, 0.25) is 0 Å². The lowest BCUT2D eigenvalue weighted by atomic mass is 10.1. The highest BCUT2D eigenvalue weighted by atomic mass is 79.9. The van der Waals surface area contributed by atoms with Gasteiger partial charge in [-0.25, -0.2) is 0 Å². The molecule has 0 radical (unpaired) electrons. The van der Waals surface area contributed by atoms with Crippen molar-refractivity contribution < 1.29 is 0 Å². The first kappa shape index (κ1) is 13.0. The average molecular weight is 313 g/mol. The Morgan fingerprint density at radius 1 is 1.59 bits per heavy atom. The Bertz CT molecular complexity index is 420. The first-order valence-corrected chi connectivity index (χ1v) is 7.59. The molecule has 2 rings (SSSR count). The van der Waals surface area contributed by atoms with Gasteiger partial charge in [0.25, 0.3) is 0 Å². The number of nitrogens with one attached hydrogen (secondary N) is 1. The lowest BCUT2D eigenvalue weighted by molar-refractivity contribution is 0.722. The molecule has 1 N–H and O–H groups in total. The molecule has 1 aromatic rings. The molecule has 2 atom stereocenters. The molecule has 17 heavy (non-hydrogen) atoms. The highest BCUT2D eigenvalue weighted by molar-refractivity contribution is 9.10. The molecule has 2 nitrogen and oxygen atoms in total. The number of amidine groups is 1. The SMILES string of the molecule is CCC1CN=C(NC(C)c2cccc(Br)c2)S1. The predicted molar refractivity (Wildman–Crippen MR) is 79.7 cm³/mol. The van der Waals surface area contributed by atoms with Crippen molar-refractivity contribution in [1.29, 1.82) is 0 Å². The third-order valence-electron chi connectivity index (χ3n) is 2.86. The molecule has 0 aliphatic carbocycles. The van der Waals surface area contributed by atoms with Crippen LogP contribution in [0.4, 0.5) is 0 Å². The summed E-state index contributed by atoms with van der Waals surface area (Å²) in [5.41, 5.74) is 1.28. The summed E-state index contributed by atoms with van der Waals surface area (Å²) in [4.78, 5) is 4.53. The quantitative estimate of drug-likeness (QED) is 0.913. The molecule has 0 spiro atoms. The van der Waals surface area contributed by atoms with Crippen LogP contribution in [0.25, 0.3) is 0 Å². The van der Waals surface area contributed by atoms with Crippen molar-refractivity contribution in [2.24, 2.45) is 4.99 Å². The van der Waals surface area contributed by atoms with E-state index in [1.807, 2.05) is 17.8 Å². The van der Waals surface area contributed by atoms with E-state index < -0.39 is 0 Å². The van der Waals surface area contributed by atoms with E-state index >= 15 is 0 Å². The zero-order valence-corrected chi connectivity index (χ0v) is 12.5. The summed E-state index contributed by atoms with van der Waals surface area (Å²) in [5.74, 6) is 0. The molecule has 0 bridgehead atoms. The number of aliphatic imine (C=N–C) groups is 1. The van der Waals surface area contributed by atoms with Crippen molar-refractivity contribution >= 4 is 32.9 Å². The molecule has 0 aromatic heterocycles. The fourth-order valence-electron chi connectivity index (χ4n) is 1.75. The van der Waals surface area contributed by atoms with Crippen molar-refractivity contribution in [3.8, 4) is 0 Å². The van der Waals surface area contributed by atoms with Gasteiger partial charge >= 0.3 is 0 Å². The molecular weight excluding hydrogens is 296 g/mol. The Morgan fingerprint density at radius 2 is 2.41 bits per heavy atom. The summed E-state index contributed by atoms with van der Waals surface area (Å²) in [6.45, 7) is 5.34. The maximum Gasteiger partial charge on any atom is 0.157 e. The zero-order valence-electron chi connectivity index (χ0n) is 10.1. The zero-order chi connectivity index (χ0) is 12.3. The fourth-order valence-corrected chi connectivity index (χ4v) is 3.20. The van der Waals surface area contributed by atoms with E-state index in [9.17, 15) is 0 Å². The summed E-state index contributed by atoms with van der Waals surface area (Å²) >= 11 is 5.37. The molecule has 1 heterocycles. The van der Waals surface area contributed by atoms with Crippen LogP contribution in [0, 0.1) is 0 Å². The van der Waals surface area contributed by atoms with Crippen molar-refractivity contribution in [2.75, 3.05) is 6.54 Å². The van der Waals surface area contributed by atoms with E-state index in [1.165, 1.54) is 12.0 Å². The molecule has 1 aliphatic rings. The van der Waals surface area contributed by atoms with Gasteiger partial charge in [-0.05, 0) is 31.0 Å². The molecule has 4 heteroatoms. The first-order chi connectivity index (χ1) is 8.19. The van der Waals surface area contributed by atoms with Crippen molar-refractivity contribution in [2.45, 2.75) is 31.6 Å². The molecule has 1 aliphatic heterocycles. The van der Waals surface area contributed by atoms with Gasteiger partial charge in [0.2, 0.25) is 0 Å². The number of halogens is 1. The second-order valence-corrected chi connectivity index (χ2v) is 6.42. The Hall–Kier alpha value is -0.480. The second kappa shape index (κ2) is 5.91. The van der Waals surface area contributed by atoms with Crippen molar-refractivity contribution in [3.05, 3.63) is 34.3 Å². The Morgan fingerprint density at radius 3 is 3.06 bits per heavy atom. The Balaban J connectivity index is 1.96. The average Bonchev–Trinajstić information content (AvgIpc) is 2.77. The number of thioether (sulfide) groups is 1. The third-order valence-corrected chi connectivity index (χ3v) is 4.64. The van der Waals surface area contributed by atoms with E-state index in [2.05, 4.69) is 58.3 Å². The number of benzene rings is 1. The lowest BCUT2D eigenvalue weighted by Crippen LogP contribution is -2.23. The Kier molecular flexibility index (Phi) is 4.51. The van der Waals surface area contributed by atoms with Crippen molar-refractivity contribution in [1.82, 2.24) is 5.32 Å². The minimum absolute atomic E-state index is 0.300. The number of rotatable bonds is 3. The molecule has 92 valence electrons. The lowest BCUT2D eigenvalue weighted by Gasteiger charge is -2.15. The molecule has 0 fully saturated rings. The number of nitrogens with zero attached hydrogens (tertiary/aromatic N) is 1. The molecule has 1 aromatic carbocycles. The molecule has 0 saturated carbocycles. The molecule has 2 unspecified atom stereocenters. The molecule has 0 saturated heterocycles. The third kappa shape index (κ3) is 3.49. The van der Waals surface area contributed by atoms with Gasteiger partial charge < -0.3 is 5.32 Å². The van der Waals surface area contributed by atoms with Gasteiger partial charge in [0.05, 0.1) is 12.6 Å². The van der Waals surface area contributed by atoms with Crippen LogP contribution in [0.5, 0.6) is 0 Å². The first-order valence-electron chi connectivity index (χ1n) is 5.92. The van der Waals surface area contributed by atoms with Crippen molar-refractivity contribution in [3.63, 3.8) is 0 Å². The van der Waals surface area contributed by atoms with Gasteiger partial charge in [-0.2, -0.15) is 0 Å². The van der Waals surface area contributed by atoms with Gasteiger partial charge in [-0.15, -0.1) is 0 Å². The van der Waals surface area contributed by atoms with E-state index in [0.717, 1.165) is 16.2 Å².